The largest absolute Gasteiger partial charge is 0.508 e. The second-order valence-corrected chi connectivity index (χ2v) is 3.43. The van der Waals surface area contributed by atoms with Gasteiger partial charge in [-0.05, 0) is 18.2 Å². The highest BCUT2D eigenvalue weighted by Gasteiger charge is 2.09. The maximum Gasteiger partial charge on any atom is 0.310 e. The van der Waals surface area contributed by atoms with Crippen LogP contribution < -0.4 is 0 Å². The number of ether oxygens (including phenoxy) is 1. The molecule has 1 N–H and O–H groups in total. The first-order valence-corrected chi connectivity index (χ1v) is 4.84. The van der Waals surface area contributed by atoms with Crippen molar-refractivity contribution < 1.29 is 14.6 Å². The molecular weight excluding hydrogens is 206 g/mol. The second-order valence-electron chi connectivity index (χ2n) is 3.43. The first-order chi connectivity index (χ1) is 7.70. The maximum absolute atomic E-state index is 11.1. The highest BCUT2D eigenvalue weighted by atomic mass is 16.5. The number of hydrogen-bond donors (Lipinski definition) is 1. The predicted octanol–water partition coefficient (Wildman–Crippen LogP) is 1.66. The van der Waals surface area contributed by atoms with Gasteiger partial charge in [-0.15, -0.1) is 0 Å². The number of benzene rings is 1. The topological polar surface area (TPSA) is 59.4 Å². The van der Waals surface area contributed by atoms with Crippen LogP contribution in [0.15, 0.2) is 30.5 Å². The molecule has 0 amide bonds. The molecule has 1 aromatic heterocycles. The molecule has 2 aromatic rings. The van der Waals surface area contributed by atoms with Crippen molar-refractivity contribution in [2.75, 3.05) is 7.11 Å². The van der Waals surface area contributed by atoms with E-state index in [4.69, 9.17) is 0 Å². The van der Waals surface area contributed by atoms with E-state index in [-0.39, 0.29) is 18.1 Å². The van der Waals surface area contributed by atoms with Gasteiger partial charge in [0.1, 0.15) is 5.75 Å². The van der Waals surface area contributed by atoms with Crippen LogP contribution in [0.1, 0.15) is 5.56 Å². The van der Waals surface area contributed by atoms with Crippen molar-refractivity contribution in [3.63, 3.8) is 0 Å². The Labute approximate surface area is 92.5 Å². The van der Waals surface area contributed by atoms with E-state index in [0.717, 1.165) is 10.9 Å². The van der Waals surface area contributed by atoms with Crippen molar-refractivity contribution in [2.24, 2.45) is 0 Å². The zero-order valence-corrected chi connectivity index (χ0v) is 8.80. The minimum absolute atomic E-state index is 0.0504. The lowest BCUT2D eigenvalue weighted by Crippen LogP contribution is -2.04. The molecule has 0 aliphatic heterocycles. The summed E-state index contributed by atoms with van der Waals surface area (Å²) in [4.78, 5) is 15.3. The summed E-state index contributed by atoms with van der Waals surface area (Å²) in [6, 6.07) is 6.94. The smallest absolute Gasteiger partial charge is 0.310 e. The standard InChI is InChI=1S/C12H11NO3/c1-16-12(15)7-9-5-10-8(6-11(9)14)3-2-4-13-10/h2-6,14H,7H2,1H3. The fraction of sp³-hybridized carbons (Fsp3) is 0.167. The Kier molecular flexibility index (Phi) is 2.72. The van der Waals surface area contributed by atoms with E-state index in [2.05, 4.69) is 9.72 Å². The van der Waals surface area contributed by atoms with E-state index in [1.54, 1.807) is 24.4 Å². The molecule has 0 spiro atoms. The van der Waals surface area contributed by atoms with Crippen LogP contribution >= 0.6 is 0 Å². The van der Waals surface area contributed by atoms with E-state index in [0.29, 0.717) is 5.56 Å². The van der Waals surface area contributed by atoms with Crippen LogP contribution in [0.25, 0.3) is 10.9 Å². The van der Waals surface area contributed by atoms with Gasteiger partial charge in [0.05, 0.1) is 19.0 Å². The third-order valence-corrected chi connectivity index (χ3v) is 2.37. The molecule has 1 heterocycles. The molecule has 0 aliphatic rings. The van der Waals surface area contributed by atoms with Crippen LogP contribution in [0, 0.1) is 0 Å². The lowest BCUT2D eigenvalue weighted by atomic mass is 10.1. The number of aromatic hydroxyl groups is 1. The Balaban J connectivity index is 2.46. The molecule has 16 heavy (non-hydrogen) atoms. The first kappa shape index (κ1) is 10.4. The molecule has 0 saturated heterocycles. The minimum Gasteiger partial charge on any atom is -0.508 e. The number of nitrogens with zero attached hydrogens (tertiary/aromatic N) is 1. The van der Waals surface area contributed by atoms with Gasteiger partial charge in [0.25, 0.3) is 0 Å². The van der Waals surface area contributed by atoms with Crippen LogP contribution in [0.2, 0.25) is 0 Å². The van der Waals surface area contributed by atoms with Gasteiger partial charge in [0.2, 0.25) is 0 Å². The maximum atomic E-state index is 11.1. The summed E-state index contributed by atoms with van der Waals surface area (Å²) in [7, 11) is 1.32. The van der Waals surface area contributed by atoms with Crippen LogP contribution in [-0.2, 0) is 16.0 Å². The summed E-state index contributed by atoms with van der Waals surface area (Å²) in [5.41, 5.74) is 1.28. The molecule has 0 fully saturated rings. The van der Waals surface area contributed by atoms with Crippen molar-refractivity contribution in [3.8, 4) is 5.75 Å². The second kappa shape index (κ2) is 4.18. The van der Waals surface area contributed by atoms with E-state index in [9.17, 15) is 9.90 Å². The number of fused-ring (bicyclic) bond motifs is 1. The lowest BCUT2D eigenvalue weighted by molar-refractivity contribution is -0.139. The van der Waals surface area contributed by atoms with Crippen LogP contribution in [0.3, 0.4) is 0 Å². The number of phenols is 1. The average molecular weight is 217 g/mol. The third-order valence-electron chi connectivity index (χ3n) is 2.37. The van der Waals surface area contributed by atoms with Gasteiger partial charge >= 0.3 is 5.97 Å². The molecule has 4 heteroatoms. The number of pyridine rings is 1. The molecule has 1 aromatic carbocycles. The zero-order valence-electron chi connectivity index (χ0n) is 8.80. The molecule has 0 radical (unpaired) electrons. The summed E-state index contributed by atoms with van der Waals surface area (Å²) >= 11 is 0. The summed E-state index contributed by atoms with van der Waals surface area (Å²) in [6.45, 7) is 0. The van der Waals surface area contributed by atoms with E-state index in [1.807, 2.05) is 6.07 Å². The number of rotatable bonds is 2. The molecule has 4 nitrogen and oxygen atoms in total. The SMILES string of the molecule is COC(=O)Cc1cc2ncccc2cc1O. The van der Waals surface area contributed by atoms with Crippen LogP contribution in [0.4, 0.5) is 0 Å². The number of phenolic OH excluding ortho intramolecular Hbond substituents is 1. The van der Waals surface area contributed by atoms with Crippen LogP contribution in [0.5, 0.6) is 5.75 Å². The Hall–Kier alpha value is -2.10. The fourth-order valence-corrected chi connectivity index (χ4v) is 1.52. The molecular formula is C12H11NO3. The van der Waals surface area contributed by atoms with Crippen molar-refractivity contribution in [1.82, 2.24) is 4.98 Å². The monoisotopic (exact) mass is 217 g/mol. The van der Waals surface area contributed by atoms with Crippen LogP contribution in [-0.4, -0.2) is 23.2 Å². The van der Waals surface area contributed by atoms with Crippen molar-refractivity contribution in [3.05, 3.63) is 36.0 Å². The number of esters is 1. The Bertz CT molecular complexity index is 537. The lowest BCUT2D eigenvalue weighted by Gasteiger charge is -2.05. The zero-order chi connectivity index (χ0) is 11.5. The molecule has 0 saturated carbocycles. The summed E-state index contributed by atoms with van der Waals surface area (Å²) < 4.78 is 4.55. The van der Waals surface area contributed by atoms with Gasteiger partial charge in [-0.2, -0.15) is 0 Å². The quantitative estimate of drug-likeness (QED) is 0.777. The van der Waals surface area contributed by atoms with Gasteiger partial charge in [0.15, 0.2) is 0 Å². The van der Waals surface area contributed by atoms with Crippen molar-refractivity contribution in [2.45, 2.75) is 6.42 Å². The van der Waals surface area contributed by atoms with Crippen molar-refractivity contribution >= 4 is 16.9 Å². The molecule has 0 bridgehead atoms. The average Bonchev–Trinajstić information content (AvgIpc) is 2.30. The normalized spacial score (nSPS) is 10.3. The van der Waals surface area contributed by atoms with Gasteiger partial charge < -0.3 is 9.84 Å². The molecule has 82 valence electrons. The highest BCUT2D eigenvalue weighted by Crippen LogP contribution is 2.24. The van der Waals surface area contributed by atoms with E-state index >= 15 is 0 Å². The van der Waals surface area contributed by atoms with Gasteiger partial charge in [-0.25, -0.2) is 0 Å². The highest BCUT2D eigenvalue weighted by molar-refractivity contribution is 5.83. The van der Waals surface area contributed by atoms with E-state index in [1.165, 1.54) is 7.11 Å². The summed E-state index contributed by atoms with van der Waals surface area (Å²) in [6.07, 6.45) is 1.72. The number of hydrogen-bond acceptors (Lipinski definition) is 4. The Morgan fingerprint density at radius 3 is 3.06 bits per heavy atom. The molecule has 0 unspecified atom stereocenters. The van der Waals surface area contributed by atoms with Gasteiger partial charge in [-0.3, -0.25) is 9.78 Å². The van der Waals surface area contributed by atoms with Gasteiger partial charge in [0, 0.05) is 17.1 Å². The van der Waals surface area contributed by atoms with E-state index < -0.39 is 0 Å². The fourth-order valence-electron chi connectivity index (χ4n) is 1.52. The predicted molar refractivity (Wildman–Crippen MR) is 59.1 cm³/mol. The molecule has 2 rings (SSSR count). The minimum atomic E-state index is -0.384. The summed E-state index contributed by atoms with van der Waals surface area (Å²) in [5, 5.41) is 10.6. The Morgan fingerprint density at radius 1 is 1.50 bits per heavy atom. The number of carbonyl (C=O) groups is 1. The number of methoxy groups -OCH3 is 1. The number of carbonyl (C=O) groups excluding carboxylic acids is 1. The van der Waals surface area contributed by atoms with Gasteiger partial charge in [-0.1, -0.05) is 6.07 Å². The molecule has 0 atom stereocenters. The third kappa shape index (κ3) is 1.95. The first-order valence-electron chi connectivity index (χ1n) is 4.84. The van der Waals surface area contributed by atoms with Crippen molar-refractivity contribution in [1.29, 1.82) is 0 Å². The summed E-state index contributed by atoms with van der Waals surface area (Å²) in [5.74, 6) is -0.295. The number of aromatic nitrogens is 1. The molecule has 0 aliphatic carbocycles. The Morgan fingerprint density at radius 2 is 2.31 bits per heavy atom.